The molecule has 2 aliphatic carbocycles. The molecular formula is C26H36Cl2Si3Zr. The molecule has 6 heteroatoms. The Balaban J connectivity index is 0.00000181. The molecule has 0 fully saturated rings. The Labute approximate surface area is 218 Å². The maximum atomic E-state index is 2.66. The van der Waals surface area contributed by atoms with E-state index in [0.717, 1.165) is 7.25 Å². The molecule has 0 saturated heterocycles. The Morgan fingerprint density at radius 2 is 0.969 bits per heavy atom. The maximum Gasteiger partial charge on any atom is -1.00 e. The number of benzene rings is 2. The van der Waals surface area contributed by atoms with Crippen molar-refractivity contribution in [3.8, 4) is 0 Å². The van der Waals surface area contributed by atoms with E-state index in [1.807, 2.05) is 10.4 Å². The van der Waals surface area contributed by atoms with Crippen LogP contribution in [-0.4, -0.2) is 21.6 Å². The summed E-state index contributed by atoms with van der Waals surface area (Å²) in [5.74, 6) is 0. The number of rotatable bonds is 4. The molecule has 0 bridgehead atoms. The van der Waals surface area contributed by atoms with Crippen LogP contribution in [0.1, 0.15) is 29.5 Å². The van der Waals surface area contributed by atoms with Gasteiger partial charge in [0.05, 0.1) is 0 Å². The largest absolute Gasteiger partial charge is 1.00 e. The summed E-state index contributed by atoms with van der Waals surface area (Å²) in [5.41, 5.74) is 6.10. The van der Waals surface area contributed by atoms with Crippen LogP contribution in [0.2, 0.25) is 52.4 Å². The molecule has 2 aromatic rings. The van der Waals surface area contributed by atoms with Crippen molar-refractivity contribution >= 4 is 33.7 Å². The smallest absolute Gasteiger partial charge is 1.00 e. The van der Waals surface area contributed by atoms with Crippen LogP contribution >= 0.6 is 0 Å². The van der Waals surface area contributed by atoms with Gasteiger partial charge in [0.1, 0.15) is 0 Å². The second kappa shape index (κ2) is 10.3. The summed E-state index contributed by atoms with van der Waals surface area (Å²) >= 11 is -1.95. The van der Waals surface area contributed by atoms with Crippen LogP contribution in [0.4, 0.5) is 0 Å². The van der Waals surface area contributed by atoms with Crippen molar-refractivity contribution in [3.05, 3.63) is 81.2 Å². The van der Waals surface area contributed by atoms with Crippen LogP contribution in [0.5, 0.6) is 0 Å². The maximum absolute atomic E-state index is 2.66. The zero-order valence-corrected chi connectivity index (χ0v) is 27.7. The van der Waals surface area contributed by atoms with E-state index in [-0.39, 0.29) is 30.2 Å². The van der Waals surface area contributed by atoms with Crippen molar-refractivity contribution in [2.45, 2.75) is 59.6 Å². The Kier molecular flexibility index (Phi) is 9.13. The van der Waals surface area contributed by atoms with Gasteiger partial charge in [0.15, 0.2) is 0 Å². The normalized spacial score (nSPS) is 18.8. The molecule has 0 saturated carbocycles. The molecule has 32 heavy (non-hydrogen) atoms. The van der Waals surface area contributed by atoms with Gasteiger partial charge in [0.2, 0.25) is 0 Å². The zero-order chi connectivity index (χ0) is 21.8. The summed E-state index contributed by atoms with van der Waals surface area (Å²) < 4.78 is 1.57. The van der Waals surface area contributed by atoms with Gasteiger partial charge in [0, 0.05) is 0 Å². The Morgan fingerprint density at radius 1 is 0.625 bits per heavy atom. The summed E-state index contributed by atoms with van der Waals surface area (Å²) in [6.07, 6.45) is 5.27. The first-order valence-corrected chi connectivity index (χ1v) is 27.3. The molecule has 0 heterocycles. The van der Waals surface area contributed by atoms with E-state index in [0.29, 0.717) is 0 Å². The number of allylic oxidation sites excluding steroid dienone is 2. The summed E-state index contributed by atoms with van der Waals surface area (Å²) in [6, 6.07) is 18.8. The third-order valence-electron chi connectivity index (χ3n) is 6.79. The van der Waals surface area contributed by atoms with Crippen molar-refractivity contribution in [1.82, 2.24) is 0 Å². The van der Waals surface area contributed by atoms with E-state index in [4.69, 9.17) is 0 Å². The first kappa shape index (κ1) is 28.3. The third kappa shape index (κ3) is 5.16. The van der Waals surface area contributed by atoms with Gasteiger partial charge in [0.25, 0.3) is 0 Å². The molecular weight excluding hydrogens is 559 g/mol. The van der Waals surface area contributed by atoms with E-state index in [1.165, 1.54) is 11.1 Å². The van der Waals surface area contributed by atoms with Crippen molar-refractivity contribution in [2.75, 3.05) is 0 Å². The Bertz CT molecular complexity index is 1020. The molecule has 170 valence electrons. The van der Waals surface area contributed by atoms with Gasteiger partial charge in [-0.15, -0.1) is 0 Å². The van der Waals surface area contributed by atoms with E-state index in [1.54, 1.807) is 11.1 Å². The van der Waals surface area contributed by atoms with Gasteiger partial charge >= 0.3 is 195 Å². The van der Waals surface area contributed by atoms with E-state index < -0.39 is 36.5 Å². The van der Waals surface area contributed by atoms with Crippen molar-refractivity contribution < 1.29 is 45.2 Å². The molecule has 2 aromatic carbocycles. The minimum absolute atomic E-state index is 0. The average molecular weight is 595 g/mol. The van der Waals surface area contributed by atoms with E-state index in [9.17, 15) is 0 Å². The minimum atomic E-state index is -1.95. The first-order valence-electron chi connectivity index (χ1n) is 11.3. The molecule has 0 radical (unpaired) electrons. The molecule has 0 aromatic heterocycles. The predicted octanol–water partition coefficient (Wildman–Crippen LogP) is 1.90. The monoisotopic (exact) mass is 592 g/mol. The van der Waals surface area contributed by atoms with Crippen LogP contribution in [0, 0.1) is 0 Å². The fourth-order valence-corrected chi connectivity index (χ4v) is 37.7. The molecule has 0 amide bonds. The average Bonchev–Trinajstić information content (AvgIpc) is 3.22. The van der Waals surface area contributed by atoms with Crippen molar-refractivity contribution in [2.24, 2.45) is 0 Å². The second-order valence-corrected chi connectivity index (χ2v) is 39.3. The standard InChI is InChI=1S/2C12H15Si.C2H6Si.2ClH.Zr/c2*1-13(2,3)12-8-10-6-4-5-7-11(10)9-12;1-3-2;;;/h2*4-9H,1-3H3;1-2H3;2*1H;/q;;;;;+2/p-2. The molecule has 0 nitrogen and oxygen atoms in total. The fraction of sp³-hybridized carbons (Fsp3) is 0.385. The predicted molar refractivity (Wildman–Crippen MR) is 138 cm³/mol. The Morgan fingerprint density at radius 3 is 1.28 bits per heavy atom. The van der Waals surface area contributed by atoms with Crippen LogP contribution in [0.15, 0.2) is 58.9 Å². The SMILES string of the molecule is C[Si](C)=[Zr+2]([CH]1C([Si](C)(C)C)=Cc2ccccc21)[CH]1C([Si](C)(C)C)=Cc2ccccc21.[Cl-].[Cl-]. The molecule has 0 spiro atoms. The van der Waals surface area contributed by atoms with Gasteiger partial charge in [-0.3, -0.25) is 0 Å². The first-order chi connectivity index (χ1) is 14.0. The van der Waals surface area contributed by atoms with Crippen LogP contribution in [-0.2, 0) is 20.4 Å². The number of fused-ring (bicyclic) bond motifs is 2. The quantitative estimate of drug-likeness (QED) is 0.475. The molecule has 0 aliphatic heterocycles. The van der Waals surface area contributed by atoms with Crippen molar-refractivity contribution in [3.63, 3.8) is 0 Å². The van der Waals surface area contributed by atoms with Gasteiger partial charge in [-0.2, -0.15) is 0 Å². The van der Waals surface area contributed by atoms with Gasteiger partial charge in [-0.25, -0.2) is 0 Å². The molecule has 2 atom stereocenters. The van der Waals surface area contributed by atoms with Crippen LogP contribution < -0.4 is 24.8 Å². The third-order valence-corrected chi connectivity index (χ3v) is 31.7. The molecule has 2 aliphatic rings. The molecule has 4 rings (SSSR count). The zero-order valence-electron chi connectivity index (χ0n) is 20.7. The molecule has 2 unspecified atom stereocenters. The second-order valence-electron chi connectivity index (χ2n) is 11.3. The number of hydrogen-bond donors (Lipinski definition) is 0. The summed E-state index contributed by atoms with van der Waals surface area (Å²) in [7, 11) is -2.77. The number of halogens is 2. The van der Waals surface area contributed by atoms with Gasteiger partial charge < -0.3 is 24.8 Å². The van der Waals surface area contributed by atoms with Gasteiger partial charge in [-0.05, 0) is 0 Å². The summed E-state index contributed by atoms with van der Waals surface area (Å²) in [4.78, 5) is 0. The summed E-state index contributed by atoms with van der Waals surface area (Å²) in [6.45, 7) is 20.8. The van der Waals surface area contributed by atoms with Crippen LogP contribution in [0.25, 0.3) is 12.2 Å². The fourth-order valence-electron chi connectivity index (χ4n) is 5.36. The van der Waals surface area contributed by atoms with Crippen molar-refractivity contribution in [1.29, 1.82) is 0 Å². The Hall–Kier alpha value is 0.0338. The topological polar surface area (TPSA) is 0 Å². The number of hydrogen-bond acceptors (Lipinski definition) is 0. The van der Waals surface area contributed by atoms with E-state index in [2.05, 4.69) is 113 Å². The van der Waals surface area contributed by atoms with Gasteiger partial charge in [-0.1, -0.05) is 0 Å². The van der Waals surface area contributed by atoms with Crippen LogP contribution in [0.3, 0.4) is 0 Å². The van der Waals surface area contributed by atoms with E-state index >= 15 is 0 Å². The summed E-state index contributed by atoms with van der Waals surface area (Å²) in [5, 5.41) is 3.73. The minimum Gasteiger partial charge on any atom is -1.00 e. The molecule has 0 N–H and O–H groups in total.